The topological polar surface area (TPSA) is 139 Å². The number of aromatic hydroxyl groups is 1. The minimum Gasteiger partial charge on any atom is -0.506 e. The van der Waals surface area contributed by atoms with Gasteiger partial charge in [0.1, 0.15) is 29.1 Å². The first kappa shape index (κ1) is 26.4. The Balaban J connectivity index is 1.29. The average molecular weight is 559 g/mol. The normalized spacial score (nSPS) is 20.6. The van der Waals surface area contributed by atoms with Crippen molar-refractivity contribution < 1.29 is 33.7 Å². The zero-order chi connectivity index (χ0) is 28.3. The first-order valence-electron chi connectivity index (χ1n) is 13.6. The quantitative estimate of drug-likeness (QED) is 0.443. The zero-order valence-corrected chi connectivity index (χ0v) is 22.2. The van der Waals surface area contributed by atoms with Crippen LogP contribution in [0.15, 0.2) is 60.9 Å². The largest absolute Gasteiger partial charge is 0.506 e. The maximum Gasteiger partial charge on any atom is 0.258 e. The minimum absolute atomic E-state index is 0.112. The summed E-state index contributed by atoms with van der Waals surface area (Å²) in [4.78, 5) is 44.7. The predicted octanol–water partition coefficient (Wildman–Crippen LogP) is 2.29. The van der Waals surface area contributed by atoms with Crippen LogP contribution in [0.5, 0.6) is 23.0 Å². The lowest BCUT2D eigenvalue weighted by molar-refractivity contribution is -0.123. The van der Waals surface area contributed by atoms with E-state index in [-0.39, 0.29) is 42.8 Å². The van der Waals surface area contributed by atoms with Crippen LogP contribution in [0.4, 0.5) is 0 Å². The van der Waals surface area contributed by atoms with E-state index in [1.807, 2.05) is 12.1 Å². The number of rotatable bonds is 4. The fraction of sp³-hybridized carbons (Fsp3) is 0.333. The van der Waals surface area contributed by atoms with Gasteiger partial charge in [0.05, 0.1) is 31.0 Å². The summed E-state index contributed by atoms with van der Waals surface area (Å²) < 4.78 is 17.9. The molecule has 11 nitrogen and oxygen atoms in total. The lowest BCUT2D eigenvalue weighted by atomic mass is 10.1. The molecule has 1 aromatic heterocycles. The van der Waals surface area contributed by atoms with E-state index in [0.29, 0.717) is 41.9 Å². The van der Waals surface area contributed by atoms with Gasteiger partial charge >= 0.3 is 0 Å². The third-order valence-electron chi connectivity index (χ3n) is 7.24. The van der Waals surface area contributed by atoms with Crippen LogP contribution in [0.3, 0.4) is 0 Å². The van der Waals surface area contributed by atoms with Crippen LogP contribution in [0.25, 0.3) is 0 Å². The second-order valence-corrected chi connectivity index (χ2v) is 10.5. The fourth-order valence-electron chi connectivity index (χ4n) is 4.81. The molecule has 4 bridgehead atoms. The first-order chi connectivity index (χ1) is 19.9. The Kier molecular flexibility index (Phi) is 7.32. The fourth-order valence-corrected chi connectivity index (χ4v) is 4.81. The lowest BCUT2D eigenvalue weighted by Crippen LogP contribution is -2.45. The van der Waals surface area contributed by atoms with Crippen LogP contribution >= 0.6 is 0 Å². The Morgan fingerprint density at radius 1 is 1.05 bits per heavy atom. The van der Waals surface area contributed by atoms with Crippen molar-refractivity contribution in [1.82, 2.24) is 20.5 Å². The Labute approximate surface area is 236 Å². The van der Waals surface area contributed by atoms with Crippen molar-refractivity contribution in [2.45, 2.75) is 31.5 Å². The standard InChI is InChI=1S/C30H30N4O7/c35-22-7-21(12-31-13-22)30(38)34-14-26-27(15-34)41-23-5-3-18(4-6-23)11-32-28(36)17-40-25-9-20(29(37)33-26)8-24(10-25)39-16-19-1-2-19/h3-10,12-13,19,26-27,35H,1-2,11,14-17H2,(H,32,36)(H,33,37)/t26-,27-/m0/s1. The molecule has 1 saturated heterocycles. The van der Waals surface area contributed by atoms with Gasteiger partial charge in [-0.15, -0.1) is 0 Å². The smallest absolute Gasteiger partial charge is 0.258 e. The molecule has 2 atom stereocenters. The van der Waals surface area contributed by atoms with Crippen LogP contribution in [0.1, 0.15) is 39.1 Å². The summed E-state index contributed by atoms with van der Waals surface area (Å²) in [6, 6.07) is 12.9. The number of carbonyl (C=O) groups excluding carboxylic acids is 3. The van der Waals surface area contributed by atoms with Crippen LogP contribution in [0.2, 0.25) is 0 Å². The molecule has 3 aromatic rings. The van der Waals surface area contributed by atoms with Crippen LogP contribution in [-0.2, 0) is 11.3 Å². The van der Waals surface area contributed by atoms with Crippen molar-refractivity contribution in [3.63, 3.8) is 0 Å². The second kappa shape index (κ2) is 11.4. The summed E-state index contributed by atoms with van der Waals surface area (Å²) in [5.41, 5.74) is 1.40. The number of hydrogen-bond acceptors (Lipinski definition) is 8. The molecule has 2 aromatic carbocycles. The maximum absolute atomic E-state index is 13.5. The summed E-state index contributed by atoms with van der Waals surface area (Å²) in [6.07, 6.45) is 4.31. The molecule has 11 heteroatoms. The van der Waals surface area contributed by atoms with E-state index in [1.165, 1.54) is 18.5 Å². The van der Waals surface area contributed by atoms with Gasteiger partial charge in [0.2, 0.25) is 0 Å². The molecule has 3 amide bonds. The van der Waals surface area contributed by atoms with Crippen molar-refractivity contribution in [1.29, 1.82) is 0 Å². The summed E-state index contributed by atoms with van der Waals surface area (Å²) >= 11 is 0. The van der Waals surface area contributed by atoms with Crippen molar-refractivity contribution in [2.24, 2.45) is 5.92 Å². The summed E-state index contributed by atoms with van der Waals surface area (Å²) in [5, 5.41) is 15.7. The molecule has 2 fully saturated rings. The predicted molar refractivity (Wildman–Crippen MR) is 146 cm³/mol. The minimum atomic E-state index is -0.556. The molecule has 4 aliphatic rings. The molecule has 41 heavy (non-hydrogen) atoms. The molecule has 212 valence electrons. The van der Waals surface area contributed by atoms with E-state index >= 15 is 0 Å². The van der Waals surface area contributed by atoms with E-state index < -0.39 is 18.1 Å². The molecular formula is C30H30N4O7. The van der Waals surface area contributed by atoms with E-state index in [0.717, 1.165) is 18.4 Å². The van der Waals surface area contributed by atoms with Gasteiger partial charge in [-0.1, -0.05) is 12.1 Å². The zero-order valence-electron chi connectivity index (χ0n) is 22.2. The number of hydrogen-bond donors (Lipinski definition) is 3. The monoisotopic (exact) mass is 558 g/mol. The van der Waals surface area contributed by atoms with Crippen molar-refractivity contribution in [2.75, 3.05) is 26.3 Å². The highest BCUT2D eigenvalue weighted by atomic mass is 16.5. The van der Waals surface area contributed by atoms with Crippen molar-refractivity contribution in [3.8, 4) is 23.0 Å². The molecule has 1 aliphatic carbocycles. The second-order valence-electron chi connectivity index (χ2n) is 10.5. The molecule has 3 N–H and O–H groups in total. The number of benzene rings is 2. The summed E-state index contributed by atoms with van der Waals surface area (Å²) in [5.74, 6) is 0.725. The molecule has 4 heterocycles. The van der Waals surface area contributed by atoms with Crippen LogP contribution in [0, 0.1) is 5.92 Å². The van der Waals surface area contributed by atoms with Gasteiger partial charge in [0.25, 0.3) is 17.7 Å². The van der Waals surface area contributed by atoms with Gasteiger partial charge in [0, 0.05) is 30.9 Å². The Bertz CT molecular complexity index is 1460. The molecule has 0 spiro atoms. The van der Waals surface area contributed by atoms with Gasteiger partial charge in [-0.05, 0) is 54.7 Å². The van der Waals surface area contributed by atoms with E-state index in [1.54, 1.807) is 35.2 Å². The van der Waals surface area contributed by atoms with Crippen LogP contribution in [-0.4, -0.2) is 71.2 Å². The highest BCUT2D eigenvalue weighted by Crippen LogP contribution is 2.31. The lowest BCUT2D eigenvalue weighted by Gasteiger charge is -2.21. The van der Waals surface area contributed by atoms with Crippen LogP contribution < -0.4 is 24.8 Å². The average Bonchev–Trinajstić information content (AvgIpc) is 3.73. The number of carbonyl (C=O) groups is 3. The third-order valence-corrected chi connectivity index (χ3v) is 7.24. The maximum atomic E-state index is 13.5. The number of pyridine rings is 1. The third kappa shape index (κ3) is 6.51. The molecule has 7 rings (SSSR count). The number of likely N-dealkylation sites (tertiary alicyclic amines) is 1. The summed E-state index contributed by atoms with van der Waals surface area (Å²) in [6.45, 7) is 1.02. The number of nitrogens with zero attached hydrogens (tertiary/aromatic N) is 2. The van der Waals surface area contributed by atoms with Gasteiger partial charge in [-0.2, -0.15) is 0 Å². The van der Waals surface area contributed by atoms with Gasteiger partial charge < -0.3 is 34.9 Å². The van der Waals surface area contributed by atoms with Gasteiger partial charge in [-0.25, -0.2) is 0 Å². The van der Waals surface area contributed by atoms with E-state index in [9.17, 15) is 19.5 Å². The van der Waals surface area contributed by atoms with Gasteiger partial charge in [-0.3, -0.25) is 19.4 Å². The Hall–Kier alpha value is -4.80. The Morgan fingerprint density at radius 3 is 2.66 bits per heavy atom. The molecule has 3 aliphatic heterocycles. The number of amides is 3. The van der Waals surface area contributed by atoms with E-state index in [4.69, 9.17) is 14.2 Å². The Morgan fingerprint density at radius 2 is 1.88 bits per heavy atom. The SMILES string of the molecule is O=C1COc2cc(OCC3CC3)cc(c2)C(=O)N[C@H]2CN(C(=O)c3cncc(O)c3)C[C@@H]2Oc2ccc(cc2)CN1. The number of nitrogens with one attached hydrogen (secondary N) is 2. The molecular weight excluding hydrogens is 528 g/mol. The van der Waals surface area contributed by atoms with E-state index in [2.05, 4.69) is 15.6 Å². The highest BCUT2D eigenvalue weighted by Gasteiger charge is 2.38. The van der Waals surface area contributed by atoms with Gasteiger partial charge in [0.15, 0.2) is 6.61 Å². The van der Waals surface area contributed by atoms with Crippen molar-refractivity contribution >= 4 is 17.7 Å². The number of aromatic nitrogens is 1. The molecule has 0 radical (unpaired) electrons. The number of fused-ring (bicyclic) bond motifs is 7. The number of ether oxygens (including phenoxy) is 3. The molecule has 0 unspecified atom stereocenters. The van der Waals surface area contributed by atoms with Crippen molar-refractivity contribution in [3.05, 3.63) is 77.6 Å². The summed E-state index contributed by atoms with van der Waals surface area (Å²) in [7, 11) is 0. The highest BCUT2D eigenvalue weighted by molar-refractivity contribution is 5.96. The molecule has 1 saturated carbocycles. The first-order valence-corrected chi connectivity index (χ1v) is 13.6.